The van der Waals surface area contributed by atoms with Gasteiger partial charge in [-0.2, -0.15) is 0 Å². The largest absolute Gasteiger partial charge is 0.356 e. The monoisotopic (exact) mass is 502 g/mol. The van der Waals surface area contributed by atoms with Crippen molar-refractivity contribution in [1.29, 1.82) is 0 Å². The van der Waals surface area contributed by atoms with E-state index >= 15 is 0 Å². The maximum Gasteiger partial charge on any atom is 0.243 e. The van der Waals surface area contributed by atoms with Crippen molar-refractivity contribution in [3.63, 3.8) is 0 Å². The molecule has 1 rings (SSSR count). The highest BCUT2D eigenvalue weighted by Crippen LogP contribution is 2.22. The second-order valence-corrected chi connectivity index (χ2v) is 7.46. The van der Waals surface area contributed by atoms with Crippen LogP contribution in [0.3, 0.4) is 0 Å². The predicted octanol–water partition coefficient (Wildman–Crippen LogP) is 3.00. The van der Waals surface area contributed by atoms with E-state index in [9.17, 15) is 4.79 Å². The van der Waals surface area contributed by atoms with E-state index in [1.807, 2.05) is 18.0 Å². The maximum atomic E-state index is 11.7. The minimum absolute atomic E-state index is 0. The summed E-state index contributed by atoms with van der Waals surface area (Å²) in [5.41, 5.74) is 0. The van der Waals surface area contributed by atoms with Gasteiger partial charge in [-0.15, -0.1) is 35.3 Å². The zero-order chi connectivity index (χ0) is 15.8. The van der Waals surface area contributed by atoms with Crippen LogP contribution in [0.5, 0.6) is 0 Å². The van der Waals surface area contributed by atoms with E-state index in [1.54, 1.807) is 30.3 Å². The fourth-order valence-corrected chi connectivity index (χ4v) is 3.11. The van der Waals surface area contributed by atoms with Gasteiger partial charge in [0.05, 0.1) is 10.3 Å². The molecule has 0 atom stereocenters. The number of hydrogen-bond acceptors (Lipinski definition) is 3. The predicted molar refractivity (Wildman–Crippen MR) is 108 cm³/mol. The fraction of sp³-hybridized carbons (Fsp3) is 0.571. The Labute approximate surface area is 162 Å². The highest BCUT2D eigenvalue weighted by molar-refractivity contribution is 14.0. The molecule has 0 aliphatic rings. The van der Waals surface area contributed by atoms with E-state index in [0.717, 1.165) is 29.3 Å². The van der Waals surface area contributed by atoms with Gasteiger partial charge in [0, 0.05) is 32.6 Å². The molecule has 1 heterocycles. The molecule has 0 saturated heterocycles. The molecule has 22 heavy (non-hydrogen) atoms. The molecule has 0 spiro atoms. The second kappa shape index (κ2) is 11.2. The lowest BCUT2D eigenvalue weighted by Gasteiger charge is -2.22. The topological polar surface area (TPSA) is 47.9 Å². The zero-order valence-corrected chi connectivity index (χ0v) is 18.2. The van der Waals surface area contributed by atoms with Crippen LogP contribution in [0.2, 0.25) is 0 Å². The number of aliphatic imine (C=N–C) groups is 1. The quantitative estimate of drug-likeness (QED) is 0.369. The molecule has 1 amide bonds. The van der Waals surface area contributed by atoms with Crippen LogP contribution in [-0.4, -0.2) is 55.9 Å². The third-order valence-electron chi connectivity index (χ3n) is 2.78. The molecule has 0 radical (unpaired) electrons. The third-order valence-corrected chi connectivity index (χ3v) is 4.39. The average molecular weight is 503 g/mol. The number of guanidine groups is 1. The van der Waals surface area contributed by atoms with E-state index in [1.165, 1.54) is 4.88 Å². The van der Waals surface area contributed by atoms with Crippen molar-refractivity contribution in [2.75, 3.05) is 34.2 Å². The Hall–Kier alpha value is -0.350. The van der Waals surface area contributed by atoms with Crippen molar-refractivity contribution in [1.82, 2.24) is 15.1 Å². The normalized spacial score (nSPS) is 10.9. The number of nitrogens with zero attached hydrogens (tertiary/aromatic N) is 3. The Morgan fingerprint density at radius 3 is 2.55 bits per heavy atom. The molecule has 0 aliphatic carbocycles. The van der Waals surface area contributed by atoms with Crippen LogP contribution < -0.4 is 5.32 Å². The summed E-state index contributed by atoms with van der Waals surface area (Å²) in [6.07, 6.45) is 1.01. The van der Waals surface area contributed by atoms with Gasteiger partial charge in [0.15, 0.2) is 5.96 Å². The lowest BCUT2D eigenvalue weighted by molar-refractivity contribution is -0.127. The van der Waals surface area contributed by atoms with Crippen molar-refractivity contribution < 1.29 is 4.79 Å². The van der Waals surface area contributed by atoms with E-state index < -0.39 is 0 Å². The Morgan fingerprint density at radius 1 is 1.36 bits per heavy atom. The lowest BCUT2D eigenvalue weighted by Crippen LogP contribution is -2.39. The standard InChI is InChI=1S/C14H23BrN4OS.HI/c1-5-8-16-14(17-9-13(20)18(2)3)19(4)10-11-6-7-12(15)21-11;/h6-7H,5,8-10H2,1-4H3,(H,16,17);1H. The van der Waals surface area contributed by atoms with Gasteiger partial charge in [-0.25, -0.2) is 4.99 Å². The second-order valence-electron chi connectivity index (χ2n) is 4.92. The molecule has 1 N–H and O–H groups in total. The van der Waals surface area contributed by atoms with E-state index in [4.69, 9.17) is 0 Å². The number of amides is 1. The van der Waals surface area contributed by atoms with Gasteiger partial charge in [0.25, 0.3) is 0 Å². The van der Waals surface area contributed by atoms with Crippen molar-refractivity contribution in [3.8, 4) is 0 Å². The maximum absolute atomic E-state index is 11.7. The van der Waals surface area contributed by atoms with Crippen LogP contribution in [0.4, 0.5) is 0 Å². The Morgan fingerprint density at radius 2 is 2.05 bits per heavy atom. The molecular formula is C14H24BrIN4OS. The number of carbonyl (C=O) groups excluding carboxylic acids is 1. The molecule has 1 aromatic heterocycles. The van der Waals surface area contributed by atoms with Gasteiger partial charge in [0.1, 0.15) is 6.54 Å². The number of carbonyl (C=O) groups is 1. The molecule has 0 aromatic carbocycles. The first-order valence-electron chi connectivity index (χ1n) is 6.87. The summed E-state index contributed by atoms with van der Waals surface area (Å²) in [7, 11) is 5.46. The third kappa shape index (κ3) is 7.77. The molecule has 0 fully saturated rings. The molecule has 0 bridgehead atoms. The fourth-order valence-electron chi connectivity index (χ4n) is 1.58. The summed E-state index contributed by atoms with van der Waals surface area (Å²) in [4.78, 5) is 20.9. The molecule has 1 aromatic rings. The molecule has 0 aliphatic heterocycles. The first-order chi connectivity index (χ1) is 9.93. The number of halogens is 2. The Balaban J connectivity index is 0.00000441. The zero-order valence-electron chi connectivity index (χ0n) is 13.4. The van der Waals surface area contributed by atoms with E-state index in [0.29, 0.717) is 0 Å². The summed E-state index contributed by atoms with van der Waals surface area (Å²) in [6, 6.07) is 4.13. The highest BCUT2D eigenvalue weighted by atomic mass is 127. The molecule has 0 unspecified atom stereocenters. The summed E-state index contributed by atoms with van der Waals surface area (Å²) in [5, 5.41) is 3.29. The Kier molecular flexibility index (Phi) is 11.0. The highest BCUT2D eigenvalue weighted by Gasteiger charge is 2.10. The number of hydrogen-bond donors (Lipinski definition) is 1. The number of likely N-dealkylation sites (N-methyl/N-ethyl adjacent to an activating group) is 1. The van der Waals surface area contributed by atoms with Crippen LogP contribution in [0.1, 0.15) is 18.2 Å². The first kappa shape index (κ1) is 21.6. The van der Waals surface area contributed by atoms with Gasteiger partial charge in [-0.05, 0) is 34.5 Å². The van der Waals surface area contributed by atoms with Crippen molar-refractivity contribution >= 4 is 63.1 Å². The summed E-state index contributed by atoms with van der Waals surface area (Å²) in [5.74, 6) is 0.759. The Bertz CT molecular complexity index is 493. The van der Waals surface area contributed by atoms with Crippen LogP contribution in [-0.2, 0) is 11.3 Å². The summed E-state index contributed by atoms with van der Waals surface area (Å²) in [6.45, 7) is 3.87. The summed E-state index contributed by atoms with van der Waals surface area (Å²) >= 11 is 5.17. The molecule has 8 heteroatoms. The van der Waals surface area contributed by atoms with Crippen molar-refractivity contribution in [2.45, 2.75) is 19.9 Å². The lowest BCUT2D eigenvalue weighted by atomic mass is 10.4. The number of nitrogens with one attached hydrogen (secondary N) is 1. The first-order valence-corrected chi connectivity index (χ1v) is 8.48. The summed E-state index contributed by atoms with van der Waals surface area (Å²) < 4.78 is 1.12. The van der Waals surface area contributed by atoms with Gasteiger partial charge in [-0.1, -0.05) is 6.92 Å². The van der Waals surface area contributed by atoms with Gasteiger partial charge in [-0.3, -0.25) is 4.79 Å². The van der Waals surface area contributed by atoms with Crippen LogP contribution in [0, 0.1) is 0 Å². The van der Waals surface area contributed by atoms with Crippen LogP contribution >= 0.6 is 51.2 Å². The van der Waals surface area contributed by atoms with Gasteiger partial charge < -0.3 is 15.1 Å². The van der Waals surface area contributed by atoms with E-state index in [2.05, 4.69) is 39.2 Å². The smallest absolute Gasteiger partial charge is 0.243 e. The van der Waals surface area contributed by atoms with Crippen LogP contribution in [0.25, 0.3) is 0 Å². The number of rotatable bonds is 6. The molecule has 126 valence electrons. The average Bonchev–Trinajstić information content (AvgIpc) is 2.83. The van der Waals surface area contributed by atoms with Crippen molar-refractivity contribution in [3.05, 3.63) is 20.8 Å². The van der Waals surface area contributed by atoms with Crippen molar-refractivity contribution in [2.24, 2.45) is 4.99 Å². The van der Waals surface area contributed by atoms with Crippen LogP contribution in [0.15, 0.2) is 20.9 Å². The minimum atomic E-state index is -0.00179. The number of thiophene rings is 1. The molecule has 5 nitrogen and oxygen atoms in total. The SMILES string of the molecule is CCCNC(=NCC(=O)N(C)C)N(C)Cc1ccc(Br)s1.I. The minimum Gasteiger partial charge on any atom is -0.356 e. The van der Waals surface area contributed by atoms with Gasteiger partial charge >= 0.3 is 0 Å². The molecule has 0 saturated carbocycles. The van der Waals surface area contributed by atoms with E-state index in [-0.39, 0.29) is 36.4 Å². The van der Waals surface area contributed by atoms with Gasteiger partial charge in [0.2, 0.25) is 5.91 Å². The molecular weight excluding hydrogens is 479 g/mol.